The van der Waals surface area contributed by atoms with Crippen molar-refractivity contribution in [3.8, 4) is 10.7 Å². The fraction of sp³-hybridized carbons (Fsp3) is 0.100. The highest BCUT2D eigenvalue weighted by Gasteiger charge is 2.19. The number of fused-ring (bicyclic) bond motifs is 1. The molecule has 2 heterocycles. The fourth-order valence-electron chi connectivity index (χ4n) is 1.50. The van der Waals surface area contributed by atoms with E-state index in [2.05, 4.69) is 31.3 Å². The molecule has 4 nitrogen and oxygen atoms in total. The lowest BCUT2D eigenvalue weighted by atomic mass is 10.2. The van der Waals surface area contributed by atoms with Gasteiger partial charge in [0.15, 0.2) is 21.3 Å². The molecule has 1 aromatic carbocycles. The van der Waals surface area contributed by atoms with Crippen molar-refractivity contribution in [3.63, 3.8) is 0 Å². The Labute approximate surface area is 112 Å². The number of hydrogen-bond acceptors (Lipinski definition) is 5. The van der Waals surface area contributed by atoms with Crippen LogP contribution in [0.15, 0.2) is 27.2 Å². The van der Waals surface area contributed by atoms with E-state index < -0.39 is 6.43 Å². The summed E-state index contributed by atoms with van der Waals surface area (Å²) in [5.41, 5.74) is 0.983. The number of nitrogens with zero attached hydrogens (tertiary/aromatic N) is 3. The minimum Gasteiger partial charge on any atom is -0.354 e. The van der Waals surface area contributed by atoms with E-state index in [4.69, 9.17) is 4.52 Å². The Morgan fingerprint density at radius 1 is 1.28 bits per heavy atom. The summed E-state index contributed by atoms with van der Waals surface area (Å²) in [5.74, 6) is 0. The summed E-state index contributed by atoms with van der Waals surface area (Å²) in [5, 5.41) is 11.7. The lowest BCUT2D eigenvalue weighted by Crippen LogP contribution is -1.80. The van der Waals surface area contributed by atoms with Gasteiger partial charge in [-0.1, -0.05) is 22.6 Å². The number of aromatic nitrogens is 3. The van der Waals surface area contributed by atoms with Crippen LogP contribution < -0.4 is 0 Å². The Bertz CT molecular complexity index is 712. The van der Waals surface area contributed by atoms with Crippen LogP contribution in [0.1, 0.15) is 11.4 Å². The number of para-hydroxylation sites is 1. The summed E-state index contributed by atoms with van der Waals surface area (Å²) < 4.78 is 30.8. The Morgan fingerprint density at radius 2 is 2.11 bits per heavy atom. The second-order valence-corrected chi connectivity index (χ2v) is 5.26. The van der Waals surface area contributed by atoms with Gasteiger partial charge in [-0.05, 0) is 28.1 Å². The third kappa shape index (κ3) is 1.81. The lowest BCUT2D eigenvalue weighted by Gasteiger charge is -1.90. The molecule has 0 aliphatic heterocycles. The van der Waals surface area contributed by atoms with Crippen molar-refractivity contribution >= 4 is 38.2 Å². The molecule has 0 saturated carbocycles. The molecule has 92 valence electrons. The summed E-state index contributed by atoms with van der Waals surface area (Å²) in [6.07, 6.45) is -2.62. The third-order valence-electron chi connectivity index (χ3n) is 2.28. The van der Waals surface area contributed by atoms with Gasteiger partial charge in [0.1, 0.15) is 0 Å². The monoisotopic (exact) mass is 331 g/mol. The highest BCUT2D eigenvalue weighted by atomic mass is 79.9. The Kier molecular flexibility index (Phi) is 2.83. The molecule has 0 aliphatic carbocycles. The molecule has 0 radical (unpaired) electrons. The van der Waals surface area contributed by atoms with Crippen LogP contribution in [0.2, 0.25) is 0 Å². The maximum atomic E-state index is 12.5. The number of halogens is 3. The lowest BCUT2D eigenvalue weighted by molar-refractivity contribution is 0.150. The summed E-state index contributed by atoms with van der Waals surface area (Å²) in [6.45, 7) is 0. The highest BCUT2D eigenvalue weighted by Crippen LogP contribution is 2.35. The molecule has 0 saturated heterocycles. The number of hydrogen-bond donors (Lipinski definition) is 0. The van der Waals surface area contributed by atoms with Crippen LogP contribution in [0.25, 0.3) is 21.7 Å². The van der Waals surface area contributed by atoms with Crippen LogP contribution in [0.5, 0.6) is 0 Å². The zero-order valence-corrected chi connectivity index (χ0v) is 11.0. The minimum atomic E-state index is -2.62. The molecule has 0 bridgehead atoms. The maximum Gasteiger partial charge on any atom is 0.291 e. The zero-order valence-electron chi connectivity index (χ0n) is 8.60. The van der Waals surface area contributed by atoms with Gasteiger partial charge in [-0.25, -0.2) is 8.78 Å². The summed E-state index contributed by atoms with van der Waals surface area (Å²) in [6, 6.07) is 5.40. The summed E-state index contributed by atoms with van der Waals surface area (Å²) in [4.78, 5) is 0. The fourth-order valence-corrected chi connectivity index (χ4v) is 2.63. The van der Waals surface area contributed by atoms with Gasteiger partial charge in [0.25, 0.3) is 6.43 Å². The van der Waals surface area contributed by atoms with Crippen molar-refractivity contribution in [1.82, 2.24) is 15.4 Å². The van der Waals surface area contributed by atoms with Crippen molar-refractivity contribution in [2.24, 2.45) is 0 Å². The van der Waals surface area contributed by atoms with E-state index in [1.165, 1.54) is 0 Å². The first-order valence-electron chi connectivity index (χ1n) is 4.82. The maximum absolute atomic E-state index is 12.5. The smallest absolute Gasteiger partial charge is 0.291 e. The molecule has 0 unspecified atom stereocenters. The van der Waals surface area contributed by atoms with E-state index in [-0.39, 0.29) is 5.01 Å². The van der Waals surface area contributed by atoms with Gasteiger partial charge in [-0.2, -0.15) is 0 Å². The molecule has 0 atom stereocenters. The largest absolute Gasteiger partial charge is 0.354 e. The topological polar surface area (TPSA) is 51.8 Å². The average molecular weight is 332 g/mol. The predicted molar refractivity (Wildman–Crippen MR) is 65.6 cm³/mol. The van der Waals surface area contributed by atoms with Gasteiger partial charge in [-0.15, -0.1) is 10.2 Å². The molecule has 8 heteroatoms. The predicted octanol–water partition coefficient (Wildman–Crippen LogP) is 4.05. The quantitative estimate of drug-likeness (QED) is 0.710. The molecule has 0 N–H and O–H groups in total. The minimum absolute atomic E-state index is 0.321. The van der Waals surface area contributed by atoms with Crippen LogP contribution in [0.3, 0.4) is 0 Å². The molecular formula is C10H4BrF2N3OS. The number of benzene rings is 1. The molecule has 18 heavy (non-hydrogen) atoms. The van der Waals surface area contributed by atoms with Crippen LogP contribution >= 0.6 is 27.3 Å². The van der Waals surface area contributed by atoms with Crippen LogP contribution in [-0.4, -0.2) is 15.4 Å². The number of alkyl halides is 2. The first-order valence-corrected chi connectivity index (χ1v) is 6.43. The van der Waals surface area contributed by atoms with Crippen LogP contribution in [0.4, 0.5) is 8.78 Å². The van der Waals surface area contributed by atoms with E-state index in [0.717, 1.165) is 15.8 Å². The van der Waals surface area contributed by atoms with Crippen LogP contribution in [-0.2, 0) is 0 Å². The van der Waals surface area contributed by atoms with E-state index in [9.17, 15) is 8.78 Å². The molecule has 0 spiro atoms. The molecule has 3 aromatic rings. The highest BCUT2D eigenvalue weighted by molar-refractivity contribution is 9.10. The average Bonchev–Trinajstić information content (AvgIpc) is 2.94. The first kappa shape index (κ1) is 11.7. The van der Waals surface area contributed by atoms with E-state index in [1.807, 2.05) is 12.1 Å². The normalized spacial score (nSPS) is 11.6. The first-order chi connectivity index (χ1) is 8.66. The van der Waals surface area contributed by atoms with Gasteiger partial charge in [0, 0.05) is 0 Å². The van der Waals surface area contributed by atoms with E-state index >= 15 is 0 Å². The van der Waals surface area contributed by atoms with Crippen molar-refractivity contribution in [1.29, 1.82) is 0 Å². The molecule has 3 rings (SSSR count). The Hall–Kier alpha value is -1.41. The molecule has 0 aliphatic rings. The third-order valence-corrected chi connectivity index (χ3v) is 3.84. The van der Waals surface area contributed by atoms with E-state index in [1.54, 1.807) is 6.07 Å². The van der Waals surface area contributed by atoms with Gasteiger partial charge in [-0.3, -0.25) is 0 Å². The van der Waals surface area contributed by atoms with Crippen molar-refractivity contribution in [2.75, 3.05) is 0 Å². The van der Waals surface area contributed by atoms with Crippen molar-refractivity contribution < 1.29 is 13.3 Å². The van der Waals surface area contributed by atoms with Gasteiger partial charge in [0.05, 0.1) is 9.86 Å². The van der Waals surface area contributed by atoms with Gasteiger partial charge >= 0.3 is 0 Å². The summed E-state index contributed by atoms with van der Waals surface area (Å²) >= 11 is 4.13. The van der Waals surface area contributed by atoms with Crippen molar-refractivity contribution in [3.05, 3.63) is 27.7 Å². The molecule has 0 fully saturated rings. The molecular weight excluding hydrogens is 328 g/mol. The van der Waals surface area contributed by atoms with Gasteiger partial charge < -0.3 is 4.52 Å². The Morgan fingerprint density at radius 3 is 2.83 bits per heavy atom. The Balaban J connectivity index is 2.16. The second-order valence-electron chi connectivity index (χ2n) is 3.39. The van der Waals surface area contributed by atoms with E-state index in [0.29, 0.717) is 21.7 Å². The standard InChI is InChI=1S/C10H4BrF2N3OS/c11-5-3-1-2-4-6(16-17-7(4)5)9-14-15-10(18-9)8(12)13/h1-3,8H. The van der Waals surface area contributed by atoms with Crippen molar-refractivity contribution in [2.45, 2.75) is 6.43 Å². The zero-order chi connectivity index (χ0) is 12.7. The molecule has 2 aromatic heterocycles. The molecule has 0 amide bonds. The number of rotatable bonds is 2. The SMILES string of the molecule is FC(F)c1nnc(-c2noc3c(Br)cccc23)s1. The summed E-state index contributed by atoms with van der Waals surface area (Å²) in [7, 11) is 0. The van der Waals surface area contributed by atoms with Crippen LogP contribution in [0, 0.1) is 0 Å². The second kappa shape index (κ2) is 4.36. The van der Waals surface area contributed by atoms with Gasteiger partial charge in [0.2, 0.25) is 0 Å².